The van der Waals surface area contributed by atoms with Crippen LogP contribution in [-0.2, 0) is 22.7 Å². The molecule has 0 atom stereocenters. The van der Waals surface area contributed by atoms with E-state index in [1.165, 1.54) is 68.6 Å². The maximum Gasteiger partial charge on any atom is 0.490 e. The van der Waals surface area contributed by atoms with E-state index < -0.39 is 24.3 Å². The van der Waals surface area contributed by atoms with Crippen LogP contribution in [0.4, 0.5) is 26.3 Å². The molecule has 7 nitrogen and oxygen atoms in total. The zero-order chi connectivity index (χ0) is 31.6. The SMILES string of the molecule is COc1ccc(CN2CCC3(CCCN(Cc4ccc(C)cc4)C3)CC2)cc1.O=C(O)C(F)(F)F.O=C(O)C(F)(F)F. The average molecular weight is 607 g/mol. The third kappa shape index (κ3) is 11.9. The minimum Gasteiger partial charge on any atom is -0.497 e. The normalized spacial score (nSPS) is 17.3. The van der Waals surface area contributed by atoms with Gasteiger partial charge in [0.05, 0.1) is 7.11 Å². The topological polar surface area (TPSA) is 90.3 Å². The lowest BCUT2D eigenvalue weighted by atomic mass is 9.72. The predicted molar refractivity (Wildman–Crippen MR) is 143 cm³/mol. The molecule has 2 heterocycles. The molecule has 2 aromatic carbocycles. The summed E-state index contributed by atoms with van der Waals surface area (Å²) in [5, 5.41) is 14.2. The molecular formula is C29H36F6N2O5. The Bertz CT molecular complexity index is 1110. The molecule has 2 saturated heterocycles. The molecule has 0 radical (unpaired) electrons. The lowest BCUT2D eigenvalue weighted by Crippen LogP contribution is -2.49. The molecule has 2 fully saturated rings. The van der Waals surface area contributed by atoms with Crippen LogP contribution in [0.3, 0.4) is 0 Å². The van der Waals surface area contributed by atoms with Crippen molar-refractivity contribution in [3.05, 3.63) is 65.2 Å². The third-order valence-electron chi connectivity index (χ3n) is 7.23. The molecule has 2 aromatic rings. The summed E-state index contributed by atoms with van der Waals surface area (Å²) in [5.74, 6) is -4.57. The van der Waals surface area contributed by atoms with E-state index in [2.05, 4.69) is 65.3 Å². The second-order valence-electron chi connectivity index (χ2n) is 10.5. The highest BCUT2D eigenvalue weighted by atomic mass is 19.4. The number of nitrogens with zero attached hydrogens (tertiary/aromatic N) is 2. The Balaban J connectivity index is 0.000000367. The minimum atomic E-state index is -5.08. The molecule has 0 bridgehead atoms. The van der Waals surface area contributed by atoms with Gasteiger partial charge in [-0.25, -0.2) is 9.59 Å². The quantitative estimate of drug-likeness (QED) is 0.395. The Kier molecular flexibility index (Phi) is 12.7. The standard InChI is InChI=1S/C25H34N2O.2C2HF3O2/c1-21-4-6-22(7-5-21)19-27-15-3-12-25(20-27)13-16-26(17-14-25)18-23-8-10-24(28-2)11-9-23;2*3-2(4,5)1(6)7/h4-11H,3,12-20H2,1-2H3;2*(H,6,7). The molecule has 2 aliphatic heterocycles. The van der Waals surface area contributed by atoms with Gasteiger partial charge >= 0.3 is 24.3 Å². The Morgan fingerprint density at radius 3 is 1.62 bits per heavy atom. The van der Waals surface area contributed by atoms with Crippen LogP contribution in [0.15, 0.2) is 48.5 Å². The van der Waals surface area contributed by atoms with Gasteiger partial charge in [0.2, 0.25) is 0 Å². The molecule has 2 N–H and O–H groups in total. The summed E-state index contributed by atoms with van der Waals surface area (Å²) < 4.78 is 68.7. The van der Waals surface area contributed by atoms with E-state index in [1.807, 2.05) is 0 Å². The van der Waals surface area contributed by atoms with Crippen LogP contribution < -0.4 is 4.74 Å². The number of piperidine rings is 2. The Labute approximate surface area is 240 Å². The first kappa shape index (κ1) is 34.9. The summed E-state index contributed by atoms with van der Waals surface area (Å²) >= 11 is 0. The molecular weight excluding hydrogens is 570 g/mol. The minimum absolute atomic E-state index is 0.541. The van der Waals surface area contributed by atoms with Crippen molar-refractivity contribution in [2.45, 2.75) is 58.0 Å². The highest BCUT2D eigenvalue weighted by Gasteiger charge is 2.39. The molecule has 1 spiro atoms. The summed E-state index contributed by atoms with van der Waals surface area (Å²) in [5.41, 5.74) is 4.74. The number of alkyl halides is 6. The Morgan fingerprint density at radius 1 is 0.762 bits per heavy atom. The molecule has 0 aliphatic carbocycles. The number of aliphatic carboxylic acids is 2. The van der Waals surface area contributed by atoms with Gasteiger partial charge in [0.15, 0.2) is 0 Å². The highest BCUT2D eigenvalue weighted by molar-refractivity contribution is 5.73. The van der Waals surface area contributed by atoms with E-state index in [1.54, 1.807) is 7.11 Å². The van der Waals surface area contributed by atoms with Crippen molar-refractivity contribution in [2.75, 3.05) is 33.3 Å². The van der Waals surface area contributed by atoms with Crippen molar-refractivity contribution in [2.24, 2.45) is 5.41 Å². The molecule has 4 rings (SSSR count). The third-order valence-corrected chi connectivity index (χ3v) is 7.23. The molecule has 0 saturated carbocycles. The zero-order valence-corrected chi connectivity index (χ0v) is 23.5. The van der Waals surface area contributed by atoms with Crippen LogP contribution in [0.2, 0.25) is 0 Å². The van der Waals surface area contributed by atoms with E-state index in [4.69, 9.17) is 24.5 Å². The zero-order valence-electron chi connectivity index (χ0n) is 23.5. The first-order chi connectivity index (χ1) is 19.5. The van der Waals surface area contributed by atoms with Gasteiger partial charge in [0.1, 0.15) is 5.75 Å². The number of ether oxygens (including phenoxy) is 1. The summed E-state index contributed by atoms with van der Waals surface area (Å²) in [6.07, 6.45) is -4.72. The van der Waals surface area contributed by atoms with Crippen LogP contribution in [-0.4, -0.2) is 77.6 Å². The van der Waals surface area contributed by atoms with E-state index in [0.717, 1.165) is 18.8 Å². The summed E-state index contributed by atoms with van der Waals surface area (Å²) in [4.78, 5) is 23.1. The molecule has 0 unspecified atom stereocenters. The molecule has 2 aliphatic rings. The van der Waals surface area contributed by atoms with E-state index in [-0.39, 0.29) is 0 Å². The van der Waals surface area contributed by atoms with Crippen molar-refractivity contribution in [1.82, 2.24) is 9.80 Å². The maximum absolute atomic E-state index is 10.6. The van der Waals surface area contributed by atoms with Crippen molar-refractivity contribution in [3.8, 4) is 5.75 Å². The van der Waals surface area contributed by atoms with Crippen molar-refractivity contribution in [1.29, 1.82) is 0 Å². The first-order valence-corrected chi connectivity index (χ1v) is 13.3. The number of carbonyl (C=O) groups is 2. The van der Waals surface area contributed by atoms with Gasteiger partial charge in [-0.2, -0.15) is 26.3 Å². The fraction of sp³-hybridized carbons (Fsp3) is 0.517. The van der Waals surface area contributed by atoms with Crippen molar-refractivity contribution >= 4 is 11.9 Å². The number of carboxylic acids is 2. The van der Waals surface area contributed by atoms with Gasteiger partial charge in [-0.3, -0.25) is 9.80 Å². The van der Waals surface area contributed by atoms with Gasteiger partial charge in [-0.05, 0) is 80.9 Å². The summed E-state index contributed by atoms with van der Waals surface area (Å²) in [7, 11) is 1.73. The number of carboxylic acid groups (broad SMARTS) is 2. The number of likely N-dealkylation sites (tertiary alicyclic amines) is 2. The van der Waals surface area contributed by atoms with E-state index >= 15 is 0 Å². The van der Waals surface area contributed by atoms with E-state index in [9.17, 15) is 26.3 Å². The summed E-state index contributed by atoms with van der Waals surface area (Å²) in [6.45, 7) is 9.32. The number of benzene rings is 2. The smallest absolute Gasteiger partial charge is 0.490 e. The van der Waals surface area contributed by atoms with Crippen LogP contribution in [0.1, 0.15) is 42.4 Å². The monoisotopic (exact) mass is 606 g/mol. The number of aryl methyl sites for hydroxylation is 1. The number of hydrogen-bond donors (Lipinski definition) is 2. The molecule has 42 heavy (non-hydrogen) atoms. The van der Waals surface area contributed by atoms with E-state index in [0.29, 0.717) is 5.41 Å². The predicted octanol–water partition coefficient (Wildman–Crippen LogP) is 6.15. The number of hydrogen-bond acceptors (Lipinski definition) is 5. The Hall–Kier alpha value is -3.32. The fourth-order valence-electron chi connectivity index (χ4n) is 4.98. The molecule has 0 amide bonds. The number of rotatable bonds is 5. The average Bonchev–Trinajstić information content (AvgIpc) is 2.92. The van der Waals surface area contributed by atoms with Crippen molar-refractivity contribution < 1.29 is 50.9 Å². The van der Waals surface area contributed by atoms with Crippen LogP contribution in [0.5, 0.6) is 5.75 Å². The molecule has 234 valence electrons. The highest BCUT2D eigenvalue weighted by Crippen LogP contribution is 2.40. The summed E-state index contributed by atoms with van der Waals surface area (Å²) in [6, 6.07) is 17.6. The largest absolute Gasteiger partial charge is 0.497 e. The van der Waals surface area contributed by atoms with Gasteiger partial charge in [0.25, 0.3) is 0 Å². The first-order valence-electron chi connectivity index (χ1n) is 13.3. The van der Waals surface area contributed by atoms with Crippen molar-refractivity contribution in [3.63, 3.8) is 0 Å². The maximum atomic E-state index is 10.6. The lowest BCUT2D eigenvalue weighted by molar-refractivity contribution is -0.193. The molecule has 0 aromatic heterocycles. The van der Waals surface area contributed by atoms with Gasteiger partial charge in [-0.1, -0.05) is 42.0 Å². The van der Waals surface area contributed by atoms with Crippen LogP contribution in [0.25, 0.3) is 0 Å². The van der Waals surface area contributed by atoms with Gasteiger partial charge in [-0.15, -0.1) is 0 Å². The van der Waals surface area contributed by atoms with Crippen LogP contribution >= 0.6 is 0 Å². The number of halogens is 6. The Morgan fingerprint density at radius 2 is 1.19 bits per heavy atom. The number of methoxy groups -OCH3 is 1. The van der Waals surface area contributed by atoms with Gasteiger partial charge < -0.3 is 14.9 Å². The van der Waals surface area contributed by atoms with Crippen LogP contribution in [0, 0.1) is 12.3 Å². The van der Waals surface area contributed by atoms with Gasteiger partial charge in [0, 0.05) is 19.6 Å². The lowest BCUT2D eigenvalue weighted by Gasteiger charge is -2.48. The fourth-order valence-corrected chi connectivity index (χ4v) is 4.98. The molecule has 13 heteroatoms. The second-order valence-corrected chi connectivity index (χ2v) is 10.5. The second kappa shape index (κ2) is 15.2.